The van der Waals surface area contributed by atoms with Crippen LogP contribution in [0.2, 0.25) is 0 Å². The molecule has 0 aliphatic carbocycles. The molecule has 4 heteroatoms. The van der Waals surface area contributed by atoms with E-state index >= 15 is 0 Å². The highest BCUT2D eigenvalue weighted by atomic mass is 32.2. The lowest BCUT2D eigenvalue weighted by Gasteiger charge is -2.07. The van der Waals surface area contributed by atoms with Crippen LogP contribution in [-0.4, -0.2) is 26.0 Å². The number of hydrogen-bond donors (Lipinski definition) is 1. The van der Waals surface area contributed by atoms with Crippen molar-refractivity contribution in [1.82, 2.24) is 5.32 Å². The van der Waals surface area contributed by atoms with Crippen LogP contribution in [0.15, 0.2) is 46.0 Å². The lowest BCUT2D eigenvalue weighted by Crippen LogP contribution is -2.23. The summed E-state index contributed by atoms with van der Waals surface area (Å²) in [5.74, 6) is 0.942. The molecule has 2 rings (SSSR count). The summed E-state index contributed by atoms with van der Waals surface area (Å²) in [6, 6.07) is 10.4. The van der Waals surface area contributed by atoms with Gasteiger partial charge in [0, 0.05) is 11.4 Å². The molecule has 0 amide bonds. The highest BCUT2D eigenvalue weighted by Crippen LogP contribution is 2.18. The van der Waals surface area contributed by atoms with E-state index in [1.165, 1.54) is 10.5 Å². The van der Waals surface area contributed by atoms with Crippen LogP contribution in [-0.2, 0) is 6.42 Å². The van der Waals surface area contributed by atoms with Gasteiger partial charge >= 0.3 is 0 Å². The van der Waals surface area contributed by atoms with Crippen molar-refractivity contribution in [2.75, 3.05) is 26.0 Å². The number of thioether (sulfide) groups is 1. The second-order valence-corrected chi connectivity index (χ2v) is 5.82. The van der Waals surface area contributed by atoms with Crippen molar-refractivity contribution in [3.63, 3.8) is 0 Å². The van der Waals surface area contributed by atoms with E-state index in [4.69, 9.17) is 4.74 Å². The van der Waals surface area contributed by atoms with E-state index in [1.807, 2.05) is 12.1 Å². The van der Waals surface area contributed by atoms with Crippen molar-refractivity contribution >= 4 is 23.1 Å². The minimum atomic E-state index is 0.711. The van der Waals surface area contributed by atoms with Gasteiger partial charge in [-0.25, -0.2) is 0 Å². The Morgan fingerprint density at radius 3 is 2.68 bits per heavy atom. The quantitative estimate of drug-likeness (QED) is 0.592. The molecule has 1 N–H and O–H groups in total. The van der Waals surface area contributed by atoms with E-state index in [1.54, 1.807) is 23.1 Å². The summed E-state index contributed by atoms with van der Waals surface area (Å²) in [5.41, 5.74) is 1.41. The van der Waals surface area contributed by atoms with Crippen LogP contribution >= 0.6 is 23.1 Å². The Labute approximate surface area is 123 Å². The molecular weight excluding hydrogens is 274 g/mol. The Kier molecular flexibility index (Phi) is 6.27. The fourth-order valence-corrected chi connectivity index (χ4v) is 2.82. The first kappa shape index (κ1) is 14.4. The molecule has 0 fully saturated rings. The van der Waals surface area contributed by atoms with Crippen LogP contribution in [0.3, 0.4) is 0 Å². The zero-order valence-electron chi connectivity index (χ0n) is 11.1. The maximum Gasteiger partial charge on any atom is 0.119 e. The summed E-state index contributed by atoms with van der Waals surface area (Å²) in [4.78, 5) is 1.27. The second kappa shape index (κ2) is 8.25. The van der Waals surface area contributed by atoms with Crippen molar-refractivity contribution in [3.8, 4) is 5.75 Å². The molecule has 1 aromatic carbocycles. The Balaban J connectivity index is 1.56. The summed E-state index contributed by atoms with van der Waals surface area (Å²) in [7, 11) is 0. The van der Waals surface area contributed by atoms with Gasteiger partial charge in [0.1, 0.15) is 12.4 Å². The van der Waals surface area contributed by atoms with Crippen LogP contribution in [0.25, 0.3) is 0 Å². The first-order valence-corrected chi connectivity index (χ1v) is 8.54. The predicted octanol–water partition coefficient (Wildman–Crippen LogP) is 3.68. The third-order valence-electron chi connectivity index (χ3n) is 2.78. The smallest absolute Gasteiger partial charge is 0.119 e. The van der Waals surface area contributed by atoms with Crippen molar-refractivity contribution in [2.24, 2.45) is 0 Å². The van der Waals surface area contributed by atoms with Crippen LogP contribution in [0.4, 0.5) is 0 Å². The van der Waals surface area contributed by atoms with Crippen molar-refractivity contribution < 1.29 is 4.74 Å². The highest BCUT2D eigenvalue weighted by Gasteiger charge is 1.95. The lowest BCUT2D eigenvalue weighted by atomic mass is 10.2. The number of thiophene rings is 1. The summed E-state index contributed by atoms with van der Waals surface area (Å²) in [6.45, 7) is 2.60. The summed E-state index contributed by atoms with van der Waals surface area (Å²) < 4.78 is 5.67. The van der Waals surface area contributed by atoms with Gasteiger partial charge in [0.25, 0.3) is 0 Å². The number of ether oxygens (including phenoxy) is 1. The molecule has 0 atom stereocenters. The number of hydrogen-bond acceptors (Lipinski definition) is 4. The largest absolute Gasteiger partial charge is 0.492 e. The fraction of sp³-hybridized carbons (Fsp3) is 0.333. The average Bonchev–Trinajstić information content (AvgIpc) is 2.96. The monoisotopic (exact) mass is 293 g/mol. The summed E-state index contributed by atoms with van der Waals surface area (Å²) >= 11 is 3.50. The van der Waals surface area contributed by atoms with Gasteiger partial charge < -0.3 is 10.1 Å². The molecular formula is C15H19NOS2. The number of rotatable bonds is 8. The molecule has 19 heavy (non-hydrogen) atoms. The summed E-state index contributed by atoms with van der Waals surface area (Å²) in [6.07, 6.45) is 3.17. The standard InChI is InChI=1S/C15H19NOS2/c1-18-15-4-2-14(3-5-15)17-10-9-16-8-6-13-7-11-19-12-13/h2-5,7,11-12,16H,6,8-10H2,1H3. The molecule has 1 aromatic heterocycles. The van der Waals surface area contributed by atoms with Crippen molar-refractivity contribution in [2.45, 2.75) is 11.3 Å². The van der Waals surface area contributed by atoms with Gasteiger partial charge in [-0.15, -0.1) is 11.8 Å². The third-order valence-corrected chi connectivity index (χ3v) is 4.25. The molecule has 102 valence electrons. The topological polar surface area (TPSA) is 21.3 Å². The fourth-order valence-electron chi connectivity index (χ4n) is 1.71. The van der Waals surface area contributed by atoms with Gasteiger partial charge in [0.05, 0.1) is 0 Å². The van der Waals surface area contributed by atoms with Crippen molar-refractivity contribution in [1.29, 1.82) is 0 Å². The second-order valence-electron chi connectivity index (χ2n) is 4.16. The van der Waals surface area contributed by atoms with Crippen LogP contribution < -0.4 is 10.1 Å². The Morgan fingerprint density at radius 2 is 2.00 bits per heavy atom. The number of nitrogens with one attached hydrogen (secondary N) is 1. The van der Waals surface area contributed by atoms with Gasteiger partial charge in [0.15, 0.2) is 0 Å². The van der Waals surface area contributed by atoms with Crippen molar-refractivity contribution in [3.05, 3.63) is 46.7 Å². The molecule has 0 saturated heterocycles. The van der Waals surface area contributed by atoms with E-state index in [9.17, 15) is 0 Å². The Morgan fingerprint density at radius 1 is 1.16 bits per heavy atom. The van der Waals surface area contributed by atoms with E-state index in [-0.39, 0.29) is 0 Å². The molecule has 0 aliphatic heterocycles. The maximum atomic E-state index is 5.67. The molecule has 2 nitrogen and oxygen atoms in total. The van der Waals surface area contributed by atoms with E-state index in [0.717, 1.165) is 25.3 Å². The zero-order chi connectivity index (χ0) is 13.3. The minimum absolute atomic E-state index is 0.711. The zero-order valence-corrected chi connectivity index (χ0v) is 12.7. The van der Waals surface area contributed by atoms with E-state index in [2.05, 4.69) is 40.5 Å². The molecule has 0 bridgehead atoms. The van der Waals surface area contributed by atoms with Crippen LogP contribution in [0.5, 0.6) is 5.75 Å². The van der Waals surface area contributed by atoms with Crippen LogP contribution in [0, 0.1) is 0 Å². The molecule has 2 aromatic rings. The Hall–Kier alpha value is -0.970. The summed E-state index contributed by atoms with van der Waals surface area (Å²) in [5, 5.41) is 7.71. The maximum absolute atomic E-state index is 5.67. The molecule has 1 heterocycles. The average molecular weight is 293 g/mol. The van der Waals surface area contributed by atoms with Gasteiger partial charge in [-0.3, -0.25) is 0 Å². The molecule has 0 spiro atoms. The van der Waals surface area contributed by atoms with Crippen LogP contribution in [0.1, 0.15) is 5.56 Å². The first-order chi connectivity index (χ1) is 9.38. The molecule has 0 radical (unpaired) electrons. The van der Waals surface area contributed by atoms with E-state index < -0.39 is 0 Å². The first-order valence-electron chi connectivity index (χ1n) is 6.37. The minimum Gasteiger partial charge on any atom is -0.492 e. The number of benzene rings is 1. The predicted molar refractivity (Wildman–Crippen MR) is 84.6 cm³/mol. The Bertz CT molecular complexity index is 454. The highest BCUT2D eigenvalue weighted by molar-refractivity contribution is 7.98. The van der Waals surface area contributed by atoms with Gasteiger partial charge in [-0.05, 0) is 65.9 Å². The van der Waals surface area contributed by atoms with E-state index in [0.29, 0.717) is 6.61 Å². The van der Waals surface area contributed by atoms with Gasteiger partial charge in [-0.1, -0.05) is 0 Å². The lowest BCUT2D eigenvalue weighted by molar-refractivity contribution is 0.314. The SMILES string of the molecule is CSc1ccc(OCCNCCc2ccsc2)cc1. The molecule has 0 aliphatic rings. The normalized spacial score (nSPS) is 10.6. The van der Waals surface area contributed by atoms with Gasteiger partial charge in [-0.2, -0.15) is 11.3 Å². The molecule has 0 saturated carbocycles. The van der Waals surface area contributed by atoms with Gasteiger partial charge in [0.2, 0.25) is 0 Å². The molecule has 0 unspecified atom stereocenters. The third kappa shape index (κ3) is 5.27.